The first-order chi connectivity index (χ1) is 13.4. The molecule has 1 N–H and O–H groups in total. The Balaban J connectivity index is 1.85. The van der Waals surface area contributed by atoms with Crippen molar-refractivity contribution in [3.63, 3.8) is 0 Å². The van der Waals surface area contributed by atoms with Gasteiger partial charge in [-0.05, 0) is 56.3 Å². The molecule has 2 aromatic heterocycles. The number of carbonyl (C=O) groups is 1. The Bertz CT molecular complexity index is 1200. The fourth-order valence-electron chi connectivity index (χ4n) is 3.12. The molecular weight excluding hydrogens is 395 g/mol. The number of rotatable bonds is 3. The SMILES string of the molecule is Cc1cc(C(=O)Nc2ccc(Cl)cc2)c2c(C)nn(-c3ccccc3Cl)c2n1. The molecule has 28 heavy (non-hydrogen) atoms. The molecule has 5 nitrogen and oxygen atoms in total. The largest absolute Gasteiger partial charge is 0.322 e. The number of hydrogen-bond donors (Lipinski definition) is 1. The van der Waals surface area contributed by atoms with Crippen LogP contribution in [0.25, 0.3) is 16.7 Å². The van der Waals surface area contributed by atoms with Crippen molar-refractivity contribution in [1.29, 1.82) is 0 Å². The maximum Gasteiger partial charge on any atom is 0.256 e. The predicted molar refractivity (Wildman–Crippen MR) is 113 cm³/mol. The van der Waals surface area contributed by atoms with E-state index in [1.165, 1.54) is 0 Å². The average molecular weight is 411 g/mol. The van der Waals surface area contributed by atoms with Crippen LogP contribution in [-0.2, 0) is 0 Å². The topological polar surface area (TPSA) is 59.8 Å². The third-order valence-corrected chi connectivity index (χ3v) is 4.94. The number of halogens is 2. The lowest BCUT2D eigenvalue weighted by atomic mass is 10.1. The zero-order chi connectivity index (χ0) is 19.8. The molecule has 2 aromatic carbocycles. The van der Waals surface area contributed by atoms with Crippen LogP contribution >= 0.6 is 23.2 Å². The highest BCUT2D eigenvalue weighted by atomic mass is 35.5. The normalized spacial score (nSPS) is 11.0. The maximum absolute atomic E-state index is 13.0. The van der Waals surface area contributed by atoms with Crippen LogP contribution in [0.4, 0.5) is 5.69 Å². The Labute approximate surface area is 171 Å². The Hall–Kier alpha value is -2.89. The zero-order valence-corrected chi connectivity index (χ0v) is 16.7. The van der Waals surface area contributed by atoms with E-state index in [-0.39, 0.29) is 5.91 Å². The summed E-state index contributed by atoms with van der Waals surface area (Å²) in [6.07, 6.45) is 0. The third kappa shape index (κ3) is 3.35. The van der Waals surface area contributed by atoms with Gasteiger partial charge in [0.2, 0.25) is 0 Å². The van der Waals surface area contributed by atoms with Crippen molar-refractivity contribution in [3.05, 3.63) is 81.6 Å². The summed E-state index contributed by atoms with van der Waals surface area (Å²) >= 11 is 12.3. The average Bonchev–Trinajstić information content (AvgIpc) is 2.99. The fourth-order valence-corrected chi connectivity index (χ4v) is 3.46. The number of aromatic nitrogens is 3. The van der Waals surface area contributed by atoms with Crippen LogP contribution in [0.5, 0.6) is 0 Å². The van der Waals surface area contributed by atoms with Gasteiger partial charge in [-0.15, -0.1) is 0 Å². The number of hydrogen-bond acceptors (Lipinski definition) is 3. The smallest absolute Gasteiger partial charge is 0.256 e. The molecule has 0 bridgehead atoms. The van der Waals surface area contributed by atoms with Gasteiger partial charge in [-0.3, -0.25) is 4.79 Å². The number of nitrogens with one attached hydrogen (secondary N) is 1. The molecule has 140 valence electrons. The van der Waals surface area contributed by atoms with Crippen molar-refractivity contribution in [1.82, 2.24) is 14.8 Å². The van der Waals surface area contributed by atoms with Crippen molar-refractivity contribution < 1.29 is 4.79 Å². The molecule has 0 radical (unpaired) electrons. The van der Waals surface area contributed by atoms with Crippen LogP contribution < -0.4 is 5.32 Å². The second-order valence-corrected chi connectivity index (χ2v) is 7.26. The van der Waals surface area contributed by atoms with Gasteiger partial charge in [-0.1, -0.05) is 35.3 Å². The Morgan fingerprint density at radius 1 is 1.04 bits per heavy atom. The zero-order valence-electron chi connectivity index (χ0n) is 15.2. The standard InChI is InChI=1S/C21H16Cl2N4O/c1-12-11-16(21(28)25-15-9-7-14(22)8-10-15)19-13(2)26-27(20(19)24-12)18-6-4-3-5-17(18)23/h3-11H,1-2H3,(H,25,28). The van der Waals surface area contributed by atoms with E-state index >= 15 is 0 Å². The molecule has 0 unspecified atom stereocenters. The van der Waals surface area contributed by atoms with Gasteiger partial charge in [0.25, 0.3) is 5.91 Å². The van der Waals surface area contributed by atoms with Crippen molar-refractivity contribution in [2.45, 2.75) is 13.8 Å². The van der Waals surface area contributed by atoms with Gasteiger partial charge in [-0.25, -0.2) is 9.67 Å². The molecule has 0 fully saturated rings. The lowest BCUT2D eigenvalue weighted by Gasteiger charge is -2.09. The van der Waals surface area contributed by atoms with Gasteiger partial charge in [-0.2, -0.15) is 5.10 Å². The number of pyridine rings is 1. The van der Waals surface area contributed by atoms with E-state index in [0.717, 1.165) is 0 Å². The van der Waals surface area contributed by atoms with Crippen LogP contribution in [0.1, 0.15) is 21.7 Å². The molecule has 4 rings (SSSR count). The minimum atomic E-state index is -0.236. The van der Waals surface area contributed by atoms with Crippen LogP contribution in [-0.4, -0.2) is 20.7 Å². The lowest BCUT2D eigenvalue weighted by Crippen LogP contribution is -2.13. The molecule has 0 spiro atoms. The third-order valence-electron chi connectivity index (χ3n) is 4.37. The molecule has 4 aromatic rings. The molecule has 2 heterocycles. The van der Waals surface area contributed by atoms with E-state index in [2.05, 4.69) is 15.4 Å². The van der Waals surface area contributed by atoms with Crippen LogP contribution in [0.15, 0.2) is 54.6 Å². The van der Waals surface area contributed by atoms with Gasteiger partial charge in [0, 0.05) is 16.4 Å². The molecule has 0 aliphatic carbocycles. The summed E-state index contributed by atoms with van der Waals surface area (Å²) in [4.78, 5) is 17.6. The summed E-state index contributed by atoms with van der Waals surface area (Å²) in [5.74, 6) is -0.236. The van der Waals surface area contributed by atoms with E-state index in [9.17, 15) is 4.79 Å². The quantitative estimate of drug-likeness (QED) is 0.478. The van der Waals surface area contributed by atoms with Crippen molar-refractivity contribution in [3.8, 4) is 5.69 Å². The Kier molecular flexibility index (Phi) is 4.79. The number of para-hydroxylation sites is 1. The van der Waals surface area contributed by atoms with Gasteiger partial charge >= 0.3 is 0 Å². The number of benzene rings is 2. The van der Waals surface area contributed by atoms with Crippen molar-refractivity contribution in [2.24, 2.45) is 0 Å². The van der Waals surface area contributed by atoms with E-state index in [0.29, 0.717) is 49.4 Å². The van der Waals surface area contributed by atoms with E-state index < -0.39 is 0 Å². The molecule has 0 aliphatic rings. The monoisotopic (exact) mass is 410 g/mol. The van der Waals surface area contributed by atoms with Gasteiger partial charge < -0.3 is 5.32 Å². The van der Waals surface area contributed by atoms with E-state index in [1.54, 1.807) is 41.1 Å². The Morgan fingerprint density at radius 3 is 2.46 bits per heavy atom. The fraction of sp³-hybridized carbons (Fsp3) is 0.0952. The second kappa shape index (κ2) is 7.26. The first-order valence-electron chi connectivity index (χ1n) is 8.63. The predicted octanol–water partition coefficient (Wildman–Crippen LogP) is 5.60. The van der Waals surface area contributed by atoms with Crippen molar-refractivity contribution >= 4 is 45.8 Å². The highest BCUT2D eigenvalue weighted by Gasteiger charge is 2.20. The number of nitrogens with zero attached hydrogens (tertiary/aromatic N) is 3. The molecule has 1 amide bonds. The van der Waals surface area contributed by atoms with Crippen LogP contribution in [0.3, 0.4) is 0 Å². The number of fused-ring (bicyclic) bond motifs is 1. The Morgan fingerprint density at radius 2 is 1.75 bits per heavy atom. The summed E-state index contributed by atoms with van der Waals surface area (Å²) in [6, 6.07) is 16.1. The summed E-state index contributed by atoms with van der Waals surface area (Å²) in [5, 5.41) is 9.36. The first-order valence-corrected chi connectivity index (χ1v) is 9.38. The van der Waals surface area contributed by atoms with Crippen LogP contribution in [0, 0.1) is 13.8 Å². The number of anilines is 1. The lowest BCUT2D eigenvalue weighted by molar-refractivity contribution is 0.102. The number of amides is 1. The minimum absolute atomic E-state index is 0.236. The number of aryl methyl sites for hydroxylation is 2. The van der Waals surface area contributed by atoms with E-state index in [1.807, 2.05) is 32.0 Å². The van der Waals surface area contributed by atoms with Gasteiger partial charge in [0.15, 0.2) is 5.65 Å². The summed E-state index contributed by atoms with van der Waals surface area (Å²) < 4.78 is 1.68. The molecule has 7 heteroatoms. The van der Waals surface area contributed by atoms with Crippen LogP contribution in [0.2, 0.25) is 10.0 Å². The molecule has 0 atom stereocenters. The minimum Gasteiger partial charge on any atom is -0.322 e. The van der Waals surface area contributed by atoms with Gasteiger partial charge in [0.1, 0.15) is 0 Å². The summed E-state index contributed by atoms with van der Waals surface area (Å²) in [7, 11) is 0. The molecular formula is C21H16Cl2N4O. The highest BCUT2D eigenvalue weighted by molar-refractivity contribution is 6.32. The summed E-state index contributed by atoms with van der Waals surface area (Å²) in [5.41, 5.74) is 3.88. The van der Waals surface area contributed by atoms with Gasteiger partial charge in [0.05, 0.1) is 27.4 Å². The maximum atomic E-state index is 13.0. The highest BCUT2D eigenvalue weighted by Crippen LogP contribution is 2.28. The second-order valence-electron chi connectivity index (χ2n) is 6.42. The van der Waals surface area contributed by atoms with Crippen molar-refractivity contribution in [2.75, 3.05) is 5.32 Å². The van der Waals surface area contributed by atoms with E-state index in [4.69, 9.17) is 23.2 Å². The first kappa shape index (κ1) is 18.5. The number of carbonyl (C=O) groups excluding carboxylic acids is 1. The molecule has 0 saturated carbocycles. The molecule has 0 aliphatic heterocycles. The summed E-state index contributed by atoms with van der Waals surface area (Å²) in [6.45, 7) is 3.70. The molecule has 0 saturated heterocycles.